The van der Waals surface area contributed by atoms with Gasteiger partial charge in [-0.15, -0.1) is 0 Å². The minimum Gasteiger partial charge on any atom is -0.497 e. The van der Waals surface area contributed by atoms with Gasteiger partial charge < -0.3 is 14.8 Å². The Morgan fingerprint density at radius 3 is 2.28 bits per heavy atom. The molecule has 1 aliphatic rings. The van der Waals surface area contributed by atoms with Crippen LogP contribution in [0, 0.1) is 18.8 Å². The van der Waals surface area contributed by atoms with E-state index in [1.807, 2.05) is 13.0 Å². The van der Waals surface area contributed by atoms with Crippen molar-refractivity contribution in [3.8, 4) is 22.8 Å². The van der Waals surface area contributed by atoms with Crippen LogP contribution in [0.2, 0.25) is 0 Å². The predicted octanol–water partition coefficient (Wildman–Crippen LogP) is 5.06. The summed E-state index contributed by atoms with van der Waals surface area (Å²) >= 11 is 0. The Hall–Kier alpha value is -3.74. The number of methoxy groups -OCH3 is 2. The van der Waals surface area contributed by atoms with Crippen LogP contribution in [0.4, 0.5) is 10.1 Å². The minimum atomic E-state index is -0.767. The van der Waals surface area contributed by atoms with E-state index in [1.165, 1.54) is 20.3 Å². The normalized spacial score (nSPS) is 12.9. The van der Waals surface area contributed by atoms with Gasteiger partial charge in [0.1, 0.15) is 11.5 Å². The number of carbonyl (C=O) groups excluding carboxylic acids is 2. The van der Waals surface area contributed by atoms with Gasteiger partial charge in [-0.05, 0) is 61.7 Å². The number of hydrogen-bond donors (Lipinski definition) is 1. The van der Waals surface area contributed by atoms with Crippen molar-refractivity contribution in [2.75, 3.05) is 19.5 Å². The number of pyridine rings is 1. The van der Waals surface area contributed by atoms with Crippen molar-refractivity contribution in [3.63, 3.8) is 0 Å². The Bertz CT molecular complexity index is 1180. The average Bonchev–Trinajstić information content (AvgIpc) is 3.65. The molecule has 6 nitrogen and oxygen atoms in total. The number of rotatable bonds is 7. The van der Waals surface area contributed by atoms with Gasteiger partial charge in [0.25, 0.3) is 5.91 Å². The third kappa shape index (κ3) is 4.46. The highest BCUT2D eigenvalue weighted by molar-refractivity contribution is 6.05. The topological polar surface area (TPSA) is 77.5 Å². The highest BCUT2D eigenvalue weighted by Crippen LogP contribution is 2.34. The van der Waals surface area contributed by atoms with Gasteiger partial charge in [-0.2, -0.15) is 4.39 Å². The van der Waals surface area contributed by atoms with Crippen LogP contribution in [0.5, 0.6) is 11.5 Å². The molecule has 1 aromatic heterocycles. The highest BCUT2D eigenvalue weighted by Gasteiger charge is 2.32. The van der Waals surface area contributed by atoms with Gasteiger partial charge in [-0.1, -0.05) is 6.07 Å². The molecule has 0 unspecified atom stereocenters. The number of halogens is 1. The molecule has 1 N–H and O–H groups in total. The Morgan fingerprint density at radius 2 is 1.69 bits per heavy atom. The van der Waals surface area contributed by atoms with E-state index >= 15 is 0 Å². The highest BCUT2D eigenvalue weighted by atomic mass is 19.1. The van der Waals surface area contributed by atoms with Crippen molar-refractivity contribution in [2.24, 2.45) is 5.92 Å². The van der Waals surface area contributed by atoms with Gasteiger partial charge in [0.2, 0.25) is 5.95 Å². The quantitative estimate of drug-likeness (QED) is 0.416. The largest absolute Gasteiger partial charge is 0.497 e. The number of nitrogens with zero attached hydrogens (tertiary/aromatic N) is 1. The van der Waals surface area contributed by atoms with Crippen LogP contribution in [0.25, 0.3) is 11.3 Å². The fourth-order valence-corrected chi connectivity index (χ4v) is 3.45. The van der Waals surface area contributed by atoms with Crippen molar-refractivity contribution in [3.05, 3.63) is 71.2 Å². The molecule has 164 valence electrons. The molecule has 0 bridgehead atoms. The standard InChI is InChI=1S/C25H23FN2O4/c1-14-4-7-17(27-25(30)16-10-18(31-2)13-19(11-16)32-3)12-21(14)22-9-8-20(24(26)28-22)23(29)15-5-6-15/h4,7-13,15H,5-6H2,1-3H3,(H,27,30). The molecule has 0 aliphatic heterocycles. The number of anilines is 1. The molecule has 0 spiro atoms. The van der Waals surface area contributed by atoms with E-state index in [9.17, 15) is 14.0 Å². The zero-order valence-electron chi connectivity index (χ0n) is 18.1. The summed E-state index contributed by atoms with van der Waals surface area (Å²) in [5.41, 5.74) is 2.85. The first-order valence-electron chi connectivity index (χ1n) is 10.3. The van der Waals surface area contributed by atoms with Crippen LogP contribution in [0.15, 0.2) is 48.5 Å². The molecule has 1 heterocycles. The third-order valence-electron chi connectivity index (χ3n) is 5.45. The second kappa shape index (κ2) is 8.78. The summed E-state index contributed by atoms with van der Waals surface area (Å²) in [6.45, 7) is 1.87. The molecule has 1 saturated carbocycles. The van der Waals surface area contributed by atoms with Gasteiger partial charge in [0.05, 0.1) is 25.5 Å². The molecule has 32 heavy (non-hydrogen) atoms. The summed E-state index contributed by atoms with van der Waals surface area (Å²) < 4.78 is 25.0. The fraction of sp³-hybridized carbons (Fsp3) is 0.240. The van der Waals surface area contributed by atoms with Crippen LogP contribution in [0.3, 0.4) is 0 Å². The van der Waals surface area contributed by atoms with E-state index in [2.05, 4.69) is 10.3 Å². The maximum Gasteiger partial charge on any atom is 0.255 e. The van der Waals surface area contributed by atoms with Crippen molar-refractivity contribution < 1.29 is 23.5 Å². The van der Waals surface area contributed by atoms with Gasteiger partial charge in [-0.3, -0.25) is 9.59 Å². The molecule has 1 aliphatic carbocycles. The molecule has 3 aromatic rings. The maximum atomic E-state index is 14.6. The van der Waals surface area contributed by atoms with Gasteiger partial charge in [0.15, 0.2) is 5.78 Å². The Kier molecular flexibility index (Phi) is 5.90. The molecule has 1 fully saturated rings. The lowest BCUT2D eigenvalue weighted by Crippen LogP contribution is -2.12. The Morgan fingerprint density at radius 1 is 1.00 bits per heavy atom. The van der Waals surface area contributed by atoms with E-state index in [1.54, 1.807) is 36.4 Å². The van der Waals surface area contributed by atoms with Crippen molar-refractivity contribution >= 4 is 17.4 Å². The van der Waals surface area contributed by atoms with Crippen LogP contribution < -0.4 is 14.8 Å². The molecule has 2 aromatic carbocycles. The monoisotopic (exact) mass is 434 g/mol. The SMILES string of the molecule is COc1cc(OC)cc(C(=O)Nc2ccc(C)c(-c3ccc(C(=O)C4CC4)c(F)n3)c2)c1. The molecular weight excluding hydrogens is 411 g/mol. The number of ketones is 1. The lowest BCUT2D eigenvalue weighted by Gasteiger charge is -2.12. The summed E-state index contributed by atoms with van der Waals surface area (Å²) in [6, 6.07) is 13.3. The van der Waals surface area contributed by atoms with Crippen molar-refractivity contribution in [2.45, 2.75) is 19.8 Å². The first-order valence-corrected chi connectivity index (χ1v) is 10.3. The van der Waals surface area contributed by atoms with E-state index in [-0.39, 0.29) is 23.2 Å². The Labute approximate surface area is 185 Å². The first kappa shape index (κ1) is 21.5. The fourth-order valence-electron chi connectivity index (χ4n) is 3.45. The number of aromatic nitrogens is 1. The molecule has 0 saturated heterocycles. The van der Waals surface area contributed by atoms with Crippen molar-refractivity contribution in [1.82, 2.24) is 4.98 Å². The third-order valence-corrected chi connectivity index (χ3v) is 5.45. The zero-order chi connectivity index (χ0) is 22.8. The molecule has 0 radical (unpaired) electrons. The van der Waals surface area contributed by atoms with Crippen LogP contribution in [-0.4, -0.2) is 30.9 Å². The lowest BCUT2D eigenvalue weighted by molar-refractivity contribution is 0.0961. The number of amides is 1. The van der Waals surface area contributed by atoms with Gasteiger partial charge >= 0.3 is 0 Å². The second-order valence-corrected chi connectivity index (χ2v) is 7.76. The first-order chi connectivity index (χ1) is 15.4. The average molecular weight is 434 g/mol. The molecule has 1 amide bonds. The second-order valence-electron chi connectivity index (χ2n) is 7.76. The molecular formula is C25H23FN2O4. The lowest BCUT2D eigenvalue weighted by atomic mass is 10.0. The van der Waals surface area contributed by atoms with E-state index in [4.69, 9.17) is 9.47 Å². The van der Waals surface area contributed by atoms with Crippen LogP contribution >= 0.6 is 0 Å². The number of Topliss-reactive ketones (excluding diaryl/α,β-unsaturated/α-hetero) is 1. The van der Waals surface area contributed by atoms with E-state index in [0.29, 0.717) is 34.0 Å². The minimum absolute atomic E-state index is 0.0327. The zero-order valence-corrected chi connectivity index (χ0v) is 18.1. The summed E-state index contributed by atoms with van der Waals surface area (Å²) in [5.74, 6) is -0.377. The molecule has 4 rings (SSSR count). The maximum absolute atomic E-state index is 14.6. The Balaban J connectivity index is 1.60. The number of benzene rings is 2. The van der Waals surface area contributed by atoms with Crippen LogP contribution in [0.1, 0.15) is 39.1 Å². The molecule has 7 heteroatoms. The predicted molar refractivity (Wildman–Crippen MR) is 119 cm³/mol. The van der Waals surface area contributed by atoms with Gasteiger partial charge in [-0.25, -0.2) is 4.98 Å². The smallest absolute Gasteiger partial charge is 0.255 e. The summed E-state index contributed by atoms with van der Waals surface area (Å²) in [4.78, 5) is 29.0. The summed E-state index contributed by atoms with van der Waals surface area (Å²) in [6.07, 6.45) is 1.61. The number of nitrogens with one attached hydrogen (secondary N) is 1. The molecule has 0 atom stereocenters. The van der Waals surface area contributed by atoms with Crippen LogP contribution in [-0.2, 0) is 0 Å². The van der Waals surface area contributed by atoms with Gasteiger partial charge in [0, 0.05) is 28.8 Å². The number of carbonyl (C=O) groups is 2. The number of aryl methyl sites for hydroxylation is 1. The number of ether oxygens (including phenoxy) is 2. The van der Waals surface area contributed by atoms with Crippen molar-refractivity contribution in [1.29, 1.82) is 0 Å². The van der Waals surface area contributed by atoms with E-state index in [0.717, 1.165) is 18.4 Å². The van der Waals surface area contributed by atoms with E-state index < -0.39 is 5.95 Å². The summed E-state index contributed by atoms with van der Waals surface area (Å²) in [5, 5.41) is 2.84. The number of hydrogen-bond acceptors (Lipinski definition) is 5. The summed E-state index contributed by atoms with van der Waals surface area (Å²) in [7, 11) is 3.02.